The lowest BCUT2D eigenvalue weighted by atomic mass is 10.0. The van der Waals surface area contributed by atoms with Crippen molar-refractivity contribution in [3.8, 4) is 11.1 Å². The molecule has 0 radical (unpaired) electrons. The van der Waals surface area contributed by atoms with Crippen molar-refractivity contribution < 1.29 is 14.3 Å². The summed E-state index contributed by atoms with van der Waals surface area (Å²) in [6.07, 6.45) is 1.66. The van der Waals surface area contributed by atoms with Crippen molar-refractivity contribution in [2.75, 3.05) is 13.7 Å². The zero-order valence-corrected chi connectivity index (χ0v) is 13.8. The van der Waals surface area contributed by atoms with Crippen LogP contribution in [0.4, 0.5) is 0 Å². The van der Waals surface area contributed by atoms with Crippen LogP contribution < -0.4 is 5.32 Å². The van der Waals surface area contributed by atoms with Gasteiger partial charge in [0.2, 0.25) is 0 Å². The molecule has 0 bridgehead atoms. The average molecular weight is 315 g/mol. The number of nitrogens with zero attached hydrogens (tertiary/aromatic N) is 2. The lowest BCUT2D eigenvalue weighted by Gasteiger charge is -2.13. The van der Waals surface area contributed by atoms with Gasteiger partial charge < -0.3 is 10.1 Å². The van der Waals surface area contributed by atoms with Gasteiger partial charge in [0.05, 0.1) is 12.8 Å². The van der Waals surface area contributed by atoms with Crippen LogP contribution in [0.25, 0.3) is 11.1 Å². The van der Waals surface area contributed by atoms with Crippen molar-refractivity contribution in [1.29, 1.82) is 0 Å². The second-order valence-corrected chi connectivity index (χ2v) is 5.49. The normalized spacial score (nSPS) is 12.0. The van der Waals surface area contributed by atoms with Crippen LogP contribution in [0.3, 0.4) is 0 Å². The van der Waals surface area contributed by atoms with E-state index in [2.05, 4.69) is 10.4 Å². The van der Waals surface area contributed by atoms with E-state index in [0.29, 0.717) is 17.9 Å². The van der Waals surface area contributed by atoms with Gasteiger partial charge in [0.25, 0.3) is 5.91 Å². The maximum atomic E-state index is 12.1. The molecular formula is C17H21N3O3. The number of ether oxygens (including phenoxy) is 1. The minimum Gasteiger partial charge on any atom is -0.383 e. The molecule has 0 saturated carbocycles. The fourth-order valence-corrected chi connectivity index (χ4v) is 2.47. The van der Waals surface area contributed by atoms with Gasteiger partial charge in [-0.3, -0.25) is 14.3 Å². The third-order valence-electron chi connectivity index (χ3n) is 3.52. The molecule has 6 heteroatoms. The predicted octanol–water partition coefficient (Wildman–Crippen LogP) is 2.05. The van der Waals surface area contributed by atoms with Crippen LogP contribution in [-0.4, -0.2) is 41.2 Å². The summed E-state index contributed by atoms with van der Waals surface area (Å²) in [6, 6.07) is 7.05. The number of amides is 1. The number of Topliss-reactive ketones (excluding diaryl/α,β-unsaturated/α-hetero) is 1. The summed E-state index contributed by atoms with van der Waals surface area (Å²) in [4.78, 5) is 23.9. The smallest absolute Gasteiger partial charge is 0.251 e. The number of hydrogen-bond donors (Lipinski definition) is 1. The number of carbonyl (C=O) groups is 2. The van der Waals surface area contributed by atoms with Gasteiger partial charge in [0, 0.05) is 38.2 Å². The highest BCUT2D eigenvalue weighted by molar-refractivity contribution is 5.99. The highest BCUT2D eigenvalue weighted by Crippen LogP contribution is 2.24. The van der Waals surface area contributed by atoms with Gasteiger partial charge in [-0.05, 0) is 24.6 Å². The first-order valence-corrected chi connectivity index (χ1v) is 7.37. The van der Waals surface area contributed by atoms with E-state index in [1.54, 1.807) is 37.2 Å². The van der Waals surface area contributed by atoms with Gasteiger partial charge in [0.1, 0.15) is 5.69 Å². The van der Waals surface area contributed by atoms with Crippen molar-refractivity contribution in [3.05, 3.63) is 41.7 Å². The first kappa shape index (κ1) is 16.9. The van der Waals surface area contributed by atoms with E-state index in [9.17, 15) is 9.59 Å². The summed E-state index contributed by atoms with van der Waals surface area (Å²) in [5, 5.41) is 6.99. The Labute approximate surface area is 135 Å². The van der Waals surface area contributed by atoms with E-state index in [4.69, 9.17) is 4.74 Å². The van der Waals surface area contributed by atoms with Crippen LogP contribution in [-0.2, 0) is 11.8 Å². The standard InChI is InChI=1S/C17H21N3O3/c1-11(10-23-4)19-17(22)14-7-5-13(6-8-14)15-9-18-20(3)16(15)12(2)21/h5-9,11H,10H2,1-4H3,(H,19,22). The van der Waals surface area contributed by atoms with Gasteiger partial charge in [-0.25, -0.2) is 0 Å². The van der Waals surface area contributed by atoms with Crippen molar-refractivity contribution in [2.45, 2.75) is 19.9 Å². The quantitative estimate of drug-likeness (QED) is 0.828. The van der Waals surface area contributed by atoms with Crippen LogP contribution in [0.2, 0.25) is 0 Å². The Balaban J connectivity index is 2.20. The molecule has 0 spiro atoms. The van der Waals surface area contributed by atoms with Crippen LogP contribution in [0, 0.1) is 0 Å². The molecule has 1 unspecified atom stereocenters. The van der Waals surface area contributed by atoms with Crippen LogP contribution in [0.1, 0.15) is 34.7 Å². The van der Waals surface area contributed by atoms with E-state index in [1.807, 2.05) is 19.1 Å². The number of hydrogen-bond acceptors (Lipinski definition) is 4. The van der Waals surface area contributed by atoms with Gasteiger partial charge >= 0.3 is 0 Å². The molecular weight excluding hydrogens is 294 g/mol. The van der Waals surface area contributed by atoms with E-state index in [1.165, 1.54) is 6.92 Å². The molecule has 1 atom stereocenters. The Hall–Kier alpha value is -2.47. The molecule has 2 rings (SSSR count). The van der Waals surface area contributed by atoms with Crippen LogP contribution >= 0.6 is 0 Å². The van der Waals surface area contributed by atoms with Crippen molar-refractivity contribution in [3.63, 3.8) is 0 Å². The molecule has 1 heterocycles. The summed E-state index contributed by atoms with van der Waals surface area (Å²) in [7, 11) is 3.33. The van der Waals surface area contributed by atoms with Gasteiger partial charge in [-0.15, -0.1) is 0 Å². The van der Waals surface area contributed by atoms with Crippen LogP contribution in [0.5, 0.6) is 0 Å². The van der Waals surface area contributed by atoms with Crippen molar-refractivity contribution in [2.24, 2.45) is 7.05 Å². The van der Waals surface area contributed by atoms with Crippen molar-refractivity contribution in [1.82, 2.24) is 15.1 Å². The Morgan fingerprint density at radius 2 is 1.96 bits per heavy atom. The minimum atomic E-state index is -0.154. The fraction of sp³-hybridized carbons (Fsp3) is 0.353. The fourth-order valence-electron chi connectivity index (χ4n) is 2.47. The largest absolute Gasteiger partial charge is 0.383 e. The lowest BCUT2D eigenvalue weighted by Crippen LogP contribution is -2.35. The highest BCUT2D eigenvalue weighted by Gasteiger charge is 2.15. The molecule has 1 N–H and O–H groups in total. The Morgan fingerprint density at radius 1 is 1.30 bits per heavy atom. The first-order chi connectivity index (χ1) is 10.9. The molecule has 1 aromatic carbocycles. The lowest BCUT2D eigenvalue weighted by molar-refractivity contribution is 0.0905. The summed E-state index contributed by atoms with van der Waals surface area (Å²) in [6.45, 7) is 3.85. The van der Waals surface area contributed by atoms with E-state index in [0.717, 1.165) is 11.1 Å². The summed E-state index contributed by atoms with van der Waals surface area (Å²) in [5.41, 5.74) is 2.73. The second-order valence-electron chi connectivity index (χ2n) is 5.49. The number of aryl methyl sites for hydroxylation is 1. The maximum absolute atomic E-state index is 12.1. The summed E-state index contributed by atoms with van der Waals surface area (Å²) < 4.78 is 6.56. The Bertz CT molecular complexity index is 704. The molecule has 1 amide bonds. The zero-order chi connectivity index (χ0) is 17.0. The number of rotatable bonds is 6. The third-order valence-corrected chi connectivity index (χ3v) is 3.52. The van der Waals surface area contributed by atoms with E-state index in [-0.39, 0.29) is 17.7 Å². The number of methoxy groups -OCH3 is 1. The van der Waals surface area contributed by atoms with E-state index >= 15 is 0 Å². The number of carbonyl (C=O) groups excluding carboxylic acids is 2. The molecule has 2 aromatic rings. The molecule has 0 aliphatic carbocycles. The van der Waals surface area contributed by atoms with Crippen molar-refractivity contribution >= 4 is 11.7 Å². The Kier molecular flexibility index (Phi) is 5.28. The number of benzene rings is 1. The van der Waals surface area contributed by atoms with Gasteiger partial charge in [0.15, 0.2) is 5.78 Å². The van der Waals surface area contributed by atoms with Crippen LogP contribution in [0.15, 0.2) is 30.5 Å². The molecule has 0 aliphatic heterocycles. The molecule has 122 valence electrons. The molecule has 0 fully saturated rings. The molecule has 0 saturated heterocycles. The summed E-state index contributed by atoms with van der Waals surface area (Å²) >= 11 is 0. The molecule has 6 nitrogen and oxygen atoms in total. The third kappa shape index (κ3) is 3.84. The second kappa shape index (κ2) is 7.19. The Morgan fingerprint density at radius 3 is 2.52 bits per heavy atom. The van der Waals surface area contributed by atoms with E-state index < -0.39 is 0 Å². The average Bonchev–Trinajstić information content (AvgIpc) is 2.89. The number of nitrogens with one attached hydrogen (secondary N) is 1. The van der Waals surface area contributed by atoms with Gasteiger partial charge in [-0.1, -0.05) is 12.1 Å². The monoisotopic (exact) mass is 315 g/mol. The predicted molar refractivity (Wildman–Crippen MR) is 87.5 cm³/mol. The zero-order valence-electron chi connectivity index (χ0n) is 13.8. The molecule has 1 aromatic heterocycles. The number of aromatic nitrogens is 2. The first-order valence-electron chi connectivity index (χ1n) is 7.37. The van der Waals surface area contributed by atoms with Gasteiger partial charge in [-0.2, -0.15) is 5.10 Å². The number of ketones is 1. The summed E-state index contributed by atoms with van der Waals surface area (Å²) in [5.74, 6) is -0.200. The molecule has 0 aliphatic rings. The minimum absolute atomic E-state index is 0.0461. The SMILES string of the molecule is COCC(C)NC(=O)c1ccc(-c2cnn(C)c2C(C)=O)cc1. The highest BCUT2D eigenvalue weighted by atomic mass is 16.5. The maximum Gasteiger partial charge on any atom is 0.251 e. The molecule has 23 heavy (non-hydrogen) atoms. The topological polar surface area (TPSA) is 73.2 Å².